The third kappa shape index (κ3) is 2.24. The van der Waals surface area contributed by atoms with E-state index in [1.165, 1.54) is 11.1 Å². The Kier molecular flexibility index (Phi) is 3.76. The molecule has 1 aliphatic rings. The van der Waals surface area contributed by atoms with E-state index in [-0.39, 0.29) is 5.92 Å². The first-order valence-corrected chi connectivity index (χ1v) is 7.57. The second kappa shape index (κ2) is 5.40. The molecule has 2 aromatic rings. The van der Waals surface area contributed by atoms with Gasteiger partial charge in [-0.05, 0) is 45.6 Å². The molecule has 0 amide bonds. The monoisotopic (exact) mass is 352 g/mol. The van der Waals surface area contributed by atoms with Crippen LogP contribution in [0.4, 0.5) is 0 Å². The van der Waals surface area contributed by atoms with Crippen molar-refractivity contribution in [3.05, 3.63) is 62.6 Å². The summed E-state index contributed by atoms with van der Waals surface area (Å²) < 4.78 is 6.15. The standard InChI is InChI=1S/C16H14BrClO2/c1-20-16-13(7-10(18)8-14(16)17)15(19)12-6-9-4-2-3-5-11(9)12/h2-5,7-8,12,15,19H,6H2,1H3. The van der Waals surface area contributed by atoms with Gasteiger partial charge in [0.15, 0.2) is 0 Å². The van der Waals surface area contributed by atoms with Crippen molar-refractivity contribution in [2.75, 3.05) is 7.11 Å². The van der Waals surface area contributed by atoms with E-state index >= 15 is 0 Å². The highest BCUT2D eigenvalue weighted by atomic mass is 79.9. The van der Waals surface area contributed by atoms with E-state index in [0.29, 0.717) is 10.8 Å². The average molecular weight is 354 g/mol. The van der Waals surface area contributed by atoms with Crippen molar-refractivity contribution in [1.29, 1.82) is 0 Å². The quantitative estimate of drug-likeness (QED) is 0.881. The smallest absolute Gasteiger partial charge is 0.138 e. The molecule has 2 atom stereocenters. The summed E-state index contributed by atoms with van der Waals surface area (Å²) in [6.07, 6.45) is 0.264. The fourth-order valence-electron chi connectivity index (χ4n) is 2.81. The van der Waals surface area contributed by atoms with Crippen LogP contribution in [0.2, 0.25) is 5.02 Å². The van der Waals surface area contributed by atoms with E-state index in [1.54, 1.807) is 19.2 Å². The summed E-state index contributed by atoms with van der Waals surface area (Å²) in [5.74, 6) is 0.747. The van der Waals surface area contributed by atoms with Crippen LogP contribution in [0.15, 0.2) is 40.9 Å². The Labute approximate surface area is 131 Å². The molecular weight excluding hydrogens is 340 g/mol. The van der Waals surface area contributed by atoms with Gasteiger partial charge in [-0.3, -0.25) is 0 Å². The van der Waals surface area contributed by atoms with Crippen molar-refractivity contribution in [3.63, 3.8) is 0 Å². The van der Waals surface area contributed by atoms with Crippen LogP contribution < -0.4 is 4.74 Å². The van der Waals surface area contributed by atoms with Gasteiger partial charge in [0.25, 0.3) is 0 Å². The van der Waals surface area contributed by atoms with Gasteiger partial charge in [-0.15, -0.1) is 0 Å². The molecule has 3 rings (SSSR count). The maximum Gasteiger partial charge on any atom is 0.138 e. The average Bonchev–Trinajstić information content (AvgIpc) is 2.39. The highest BCUT2D eigenvalue weighted by molar-refractivity contribution is 9.10. The third-order valence-corrected chi connectivity index (χ3v) is 4.64. The van der Waals surface area contributed by atoms with Gasteiger partial charge in [0.05, 0.1) is 17.7 Å². The van der Waals surface area contributed by atoms with Crippen LogP contribution in [0.25, 0.3) is 0 Å². The molecule has 1 N–H and O–H groups in total. The minimum Gasteiger partial charge on any atom is -0.495 e. The SMILES string of the molecule is COc1c(Br)cc(Cl)cc1C(O)C1Cc2ccccc21. The van der Waals surface area contributed by atoms with Crippen LogP contribution in [0.5, 0.6) is 5.75 Å². The van der Waals surface area contributed by atoms with Crippen LogP contribution in [-0.2, 0) is 6.42 Å². The molecular formula is C16H14BrClO2. The molecule has 0 aromatic heterocycles. The van der Waals surface area contributed by atoms with Gasteiger partial charge >= 0.3 is 0 Å². The lowest BCUT2D eigenvalue weighted by atomic mass is 9.73. The Morgan fingerprint density at radius 2 is 2.10 bits per heavy atom. The molecule has 2 nitrogen and oxygen atoms in total. The largest absolute Gasteiger partial charge is 0.495 e. The number of benzene rings is 2. The predicted molar refractivity (Wildman–Crippen MR) is 83.6 cm³/mol. The third-order valence-electron chi connectivity index (χ3n) is 3.84. The highest BCUT2D eigenvalue weighted by Crippen LogP contribution is 2.47. The topological polar surface area (TPSA) is 29.5 Å². The molecule has 0 fully saturated rings. The van der Waals surface area contributed by atoms with Crippen LogP contribution in [0, 0.1) is 0 Å². The first kappa shape index (κ1) is 13.9. The molecule has 1 aliphatic carbocycles. The summed E-state index contributed by atoms with van der Waals surface area (Å²) in [5.41, 5.74) is 3.24. The van der Waals surface area contributed by atoms with E-state index in [9.17, 15) is 5.11 Å². The maximum atomic E-state index is 10.7. The Hall–Kier alpha value is -1.03. The molecule has 20 heavy (non-hydrogen) atoms. The van der Waals surface area contributed by atoms with Crippen LogP contribution in [-0.4, -0.2) is 12.2 Å². The molecule has 0 saturated heterocycles. The van der Waals surface area contributed by atoms with E-state index < -0.39 is 6.10 Å². The second-order valence-corrected chi connectivity index (χ2v) is 6.26. The zero-order chi connectivity index (χ0) is 14.3. The Bertz CT molecular complexity index is 657. The van der Waals surface area contributed by atoms with Gasteiger partial charge in [0.2, 0.25) is 0 Å². The maximum absolute atomic E-state index is 10.7. The fraction of sp³-hybridized carbons (Fsp3) is 0.250. The van der Waals surface area contributed by atoms with Gasteiger partial charge in [-0.1, -0.05) is 35.9 Å². The number of aliphatic hydroxyl groups is 1. The van der Waals surface area contributed by atoms with Gasteiger partial charge < -0.3 is 9.84 Å². The lowest BCUT2D eigenvalue weighted by Gasteiger charge is -2.34. The summed E-state index contributed by atoms with van der Waals surface area (Å²) in [7, 11) is 1.60. The van der Waals surface area contributed by atoms with Crippen molar-refractivity contribution in [1.82, 2.24) is 0 Å². The van der Waals surface area contributed by atoms with Crippen molar-refractivity contribution in [2.45, 2.75) is 18.4 Å². The molecule has 0 heterocycles. The zero-order valence-electron chi connectivity index (χ0n) is 10.9. The normalized spacial score (nSPS) is 18.1. The summed E-state index contributed by atoms with van der Waals surface area (Å²) in [6.45, 7) is 0. The first-order valence-electron chi connectivity index (χ1n) is 6.40. The molecule has 0 aliphatic heterocycles. The van der Waals surface area contributed by atoms with E-state index in [4.69, 9.17) is 16.3 Å². The molecule has 0 spiro atoms. The summed E-state index contributed by atoms with van der Waals surface area (Å²) >= 11 is 9.52. The van der Waals surface area contributed by atoms with Crippen molar-refractivity contribution >= 4 is 27.5 Å². The van der Waals surface area contributed by atoms with E-state index in [2.05, 4.69) is 28.1 Å². The zero-order valence-corrected chi connectivity index (χ0v) is 13.3. The number of rotatable bonds is 3. The lowest BCUT2D eigenvalue weighted by Crippen LogP contribution is -2.24. The van der Waals surface area contributed by atoms with Crippen molar-refractivity contribution in [2.24, 2.45) is 0 Å². The molecule has 4 heteroatoms. The van der Waals surface area contributed by atoms with Crippen LogP contribution >= 0.6 is 27.5 Å². The van der Waals surface area contributed by atoms with Gasteiger partial charge in [-0.25, -0.2) is 0 Å². The Morgan fingerprint density at radius 1 is 1.35 bits per heavy atom. The van der Waals surface area contributed by atoms with E-state index in [1.807, 2.05) is 12.1 Å². The first-order chi connectivity index (χ1) is 9.61. The minimum atomic E-state index is -0.616. The van der Waals surface area contributed by atoms with Crippen molar-refractivity contribution < 1.29 is 9.84 Å². The number of hydrogen-bond acceptors (Lipinski definition) is 2. The molecule has 0 saturated carbocycles. The van der Waals surface area contributed by atoms with E-state index in [0.717, 1.165) is 16.5 Å². The van der Waals surface area contributed by atoms with Gasteiger partial charge in [-0.2, -0.15) is 0 Å². The van der Waals surface area contributed by atoms with Crippen LogP contribution in [0.1, 0.15) is 28.7 Å². The highest BCUT2D eigenvalue weighted by Gasteiger charge is 2.34. The van der Waals surface area contributed by atoms with Crippen molar-refractivity contribution in [3.8, 4) is 5.75 Å². The second-order valence-electron chi connectivity index (χ2n) is 4.96. The van der Waals surface area contributed by atoms with Gasteiger partial charge in [0.1, 0.15) is 5.75 Å². The molecule has 104 valence electrons. The summed E-state index contributed by atoms with van der Waals surface area (Å²) in [5, 5.41) is 11.3. The predicted octanol–water partition coefficient (Wildman–Crippen LogP) is 4.48. The number of halogens is 2. The molecule has 2 aromatic carbocycles. The number of fused-ring (bicyclic) bond motifs is 1. The Morgan fingerprint density at radius 3 is 2.80 bits per heavy atom. The molecule has 0 radical (unpaired) electrons. The number of hydrogen-bond donors (Lipinski definition) is 1. The molecule has 0 bridgehead atoms. The molecule has 2 unspecified atom stereocenters. The summed E-state index contributed by atoms with van der Waals surface area (Å²) in [4.78, 5) is 0. The van der Waals surface area contributed by atoms with Crippen LogP contribution in [0.3, 0.4) is 0 Å². The number of ether oxygens (including phenoxy) is 1. The minimum absolute atomic E-state index is 0.102. The lowest BCUT2D eigenvalue weighted by molar-refractivity contribution is 0.131. The number of aliphatic hydroxyl groups excluding tert-OH is 1. The summed E-state index contributed by atoms with van der Waals surface area (Å²) in [6, 6.07) is 11.7. The fourth-order valence-corrected chi connectivity index (χ4v) is 3.81. The number of methoxy groups -OCH3 is 1. The van der Waals surface area contributed by atoms with Gasteiger partial charge in [0, 0.05) is 16.5 Å². The Balaban J connectivity index is 1.98.